The number of pyridine rings is 1. The zero-order valence-electron chi connectivity index (χ0n) is 14.3. The monoisotopic (exact) mass is 416 g/mol. The van der Waals surface area contributed by atoms with E-state index in [-0.39, 0.29) is 5.56 Å². The van der Waals surface area contributed by atoms with E-state index in [1.807, 2.05) is 0 Å². The molecule has 0 saturated carbocycles. The van der Waals surface area contributed by atoms with Gasteiger partial charge in [-0.3, -0.25) is 0 Å². The van der Waals surface area contributed by atoms with Crippen LogP contribution in [0.1, 0.15) is 10.4 Å². The normalized spacial score (nSPS) is 10.6. The van der Waals surface area contributed by atoms with Crippen molar-refractivity contribution in [3.63, 3.8) is 0 Å². The molecule has 0 spiro atoms. The van der Waals surface area contributed by atoms with Crippen LogP contribution in [0.15, 0.2) is 40.9 Å². The molecule has 0 N–H and O–H groups in total. The van der Waals surface area contributed by atoms with Gasteiger partial charge in [0.15, 0.2) is 11.5 Å². The fourth-order valence-corrected chi connectivity index (χ4v) is 3.37. The number of fused-ring (bicyclic) bond motifs is 1. The van der Waals surface area contributed by atoms with Crippen molar-refractivity contribution in [2.45, 2.75) is 0 Å². The molecule has 2 aromatic carbocycles. The average Bonchev–Trinajstić information content (AvgIpc) is 2.65. The first-order valence-corrected chi connectivity index (χ1v) is 8.40. The minimum absolute atomic E-state index is 0.0369. The number of carbonyl (C=O) groups is 1. The van der Waals surface area contributed by atoms with Crippen LogP contribution in [0, 0.1) is 0 Å². The quantitative estimate of drug-likeness (QED) is 0.635. The second-order valence-electron chi connectivity index (χ2n) is 5.39. The summed E-state index contributed by atoms with van der Waals surface area (Å²) < 4.78 is 16.7. The topological polar surface area (TPSA) is 80.7 Å². The van der Waals surface area contributed by atoms with Gasteiger partial charge in [0.2, 0.25) is 0 Å². The third kappa shape index (κ3) is 3.06. The predicted octanol–water partition coefficient (Wildman–Crippen LogP) is 3.05. The highest BCUT2D eigenvalue weighted by atomic mass is 79.9. The molecule has 1 heterocycles. The Balaban J connectivity index is 2.32. The number of aromatic carboxylic acids is 1. The van der Waals surface area contributed by atoms with E-state index in [4.69, 9.17) is 14.2 Å². The van der Waals surface area contributed by atoms with Crippen molar-refractivity contribution in [3.8, 4) is 28.5 Å². The van der Waals surface area contributed by atoms with Gasteiger partial charge in [-0.15, -0.1) is 0 Å². The van der Waals surface area contributed by atoms with Crippen molar-refractivity contribution < 1.29 is 24.1 Å². The van der Waals surface area contributed by atoms with E-state index in [9.17, 15) is 9.90 Å². The van der Waals surface area contributed by atoms with Crippen LogP contribution in [0.3, 0.4) is 0 Å². The van der Waals surface area contributed by atoms with Crippen molar-refractivity contribution in [1.29, 1.82) is 0 Å². The molecule has 0 atom stereocenters. The number of carboxylic acids is 1. The van der Waals surface area contributed by atoms with Gasteiger partial charge in [0.1, 0.15) is 11.3 Å². The number of para-hydroxylation sites is 1. The number of carbonyl (C=O) groups excluding carboxylic acids is 1. The molecule has 26 heavy (non-hydrogen) atoms. The molecule has 7 heteroatoms. The van der Waals surface area contributed by atoms with Gasteiger partial charge in [0.25, 0.3) is 0 Å². The van der Waals surface area contributed by atoms with E-state index in [1.165, 1.54) is 27.4 Å². The lowest BCUT2D eigenvalue weighted by atomic mass is 10.0. The fourth-order valence-electron chi connectivity index (χ4n) is 2.77. The Morgan fingerprint density at radius 1 is 1.04 bits per heavy atom. The van der Waals surface area contributed by atoms with E-state index in [0.29, 0.717) is 43.9 Å². The number of halogens is 1. The molecule has 0 unspecified atom stereocenters. The molecule has 1 aromatic heterocycles. The standard InChI is InChI=1S/C19H16BrNO5/c1-24-15-6-4-5-11-12(19(22)23)9-14(21-17(11)15)10-7-13(20)18(26-3)16(8-10)25-2/h4-9H,1-3H3,(H,22,23)/p-1. The highest BCUT2D eigenvalue weighted by Gasteiger charge is 2.16. The smallest absolute Gasteiger partial charge is 0.174 e. The molecule has 3 aromatic rings. The molecule has 0 bridgehead atoms. The second-order valence-corrected chi connectivity index (χ2v) is 6.25. The van der Waals surface area contributed by atoms with Crippen molar-refractivity contribution in [3.05, 3.63) is 46.4 Å². The summed E-state index contributed by atoms with van der Waals surface area (Å²) in [6.07, 6.45) is 0. The molecule has 0 aliphatic heterocycles. The maximum Gasteiger partial charge on any atom is 0.174 e. The summed E-state index contributed by atoms with van der Waals surface area (Å²) in [6.45, 7) is 0. The van der Waals surface area contributed by atoms with Crippen LogP contribution in [-0.4, -0.2) is 32.3 Å². The second kappa shape index (κ2) is 7.21. The number of carboxylic acid groups (broad SMARTS) is 1. The van der Waals surface area contributed by atoms with Crippen LogP contribution in [0.4, 0.5) is 0 Å². The number of rotatable bonds is 5. The average molecular weight is 417 g/mol. The Labute approximate surface area is 158 Å². The van der Waals surface area contributed by atoms with Gasteiger partial charge in [-0.05, 0) is 40.2 Å². The Morgan fingerprint density at radius 2 is 1.77 bits per heavy atom. The summed E-state index contributed by atoms with van der Waals surface area (Å²) in [5.74, 6) is 0.224. The van der Waals surface area contributed by atoms with Crippen LogP contribution < -0.4 is 19.3 Å². The molecular formula is C19H15BrNO5-. The molecule has 6 nitrogen and oxygen atoms in total. The lowest BCUT2D eigenvalue weighted by molar-refractivity contribution is -0.254. The van der Waals surface area contributed by atoms with Gasteiger partial charge in [0.05, 0.1) is 37.5 Å². The van der Waals surface area contributed by atoms with E-state index in [0.717, 1.165) is 0 Å². The van der Waals surface area contributed by atoms with Crippen molar-refractivity contribution in [1.82, 2.24) is 4.98 Å². The molecule has 0 aliphatic carbocycles. The summed E-state index contributed by atoms with van der Waals surface area (Å²) in [5, 5.41) is 12.1. The third-order valence-corrected chi connectivity index (χ3v) is 4.56. The van der Waals surface area contributed by atoms with Crippen molar-refractivity contribution >= 4 is 32.8 Å². The van der Waals surface area contributed by atoms with Crippen LogP contribution in [0.2, 0.25) is 0 Å². The number of nitrogens with zero attached hydrogens (tertiary/aromatic N) is 1. The zero-order valence-corrected chi connectivity index (χ0v) is 15.9. The Kier molecular flexibility index (Phi) is 4.99. The molecular weight excluding hydrogens is 402 g/mol. The van der Waals surface area contributed by atoms with Gasteiger partial charge < -0.3 is 24.1 Å². The highest BCUT2D eigenvalue weighted by Crippen LogP contribution is 2.40. The predicted molar refractivity (Wildman–Crippen MR) is 98.9 cm³/mol. The van der Waals surface area contributed by atoms with Gasteiger partial charge in [-0.2, -0.15) is 0 Å². The van der Waals surface area contributed by atoms with Crippen LogP contribution in [0.5, 0.6) is 17.2 Å². The number of ether oxygens (including phenoxy) is 3. The van der Waals surface area contributed by atoms with Gasteiger partial charge in [0, 0.05) is 16.5 Å². The van der Waals surface area contributed by atoms with E-state index < -0.39 is 5.97 Å². The Morgan fingerprint density at radius 3 is 2.38 bits per heavy atom. The highest BCUT2D eigenvalue weighted by molar-refractivity contribution is 9.10. The summed E-state index contributed by atoms with van der Waals surface area (Å²) in [7, 11) is 4.57. The SMILES string of the molecule is COc1cc(-c2cc(C(=O)[O-])c3cccc(OC)c3n2)cc(Br)c1OC. The zero-order chi connectivity index (χ0) is 18.8. The minimum Gasteiger partial charge on any atom is -0.545 e. The molecule has 0 amide bonds. The lowest BCUT2D eigenvalue weighted by Gasteiger charge is -2.15. The summed E-state index contributed by atoms with van der Waals surface area (Å²) in [5.41, 5.74) is 1.58. The molecule has 0 fully saturated rings. The minimum atomic E-state index is -1.29. The third-order valence-electron chi connectivity index (χ3n) is 3.97. The van der Waals surface area contributed by atoms with E-state index in [2.05, 4.69) is 20.9 Å². The molecule has 0 saturated heterocycles. The first-order valence-electron chi connectivity index (χ1n) is 7.61. The number of benzene rings is 2. The molecule has 134 valence electrons. The van der Waals surface area contributed by atoms with Gasteiger partial charge in [-0.25, -0.2) is 4.98 Å². The van der Waals surface area contributed by atoms with Gasteiger partial charge >= 0.3 is 0 Å². The number of hydrogen-bond donors (Lipinski definition) is 0. The van der Waals surface area contributed by atoms with Crippen LogP contribution in [0.25, 0.3) is 22.2 Å². The maximum atomic E-state index is 11.7. The van der Waals surface area contributed by atoms with Crippen molar-refractivity contribution in [2.24, 2.45) is 0 Å². The Hall–Kier alpha value is -2.80. The van der Waals surface area contributed by atoms with E-state index in [1.54, 1.807) is 30.3 Å². The summed E-state index contributed by atoms with van der Waals surface area (Å²) >= 11 is 3.44. The summed E-state index contributed by atoms with van der Waals surface area (Å²) in [4.78, 5) is 16.3. The lowest BCUT2D eigenvalue weighted by Crippen LogP contribution is -2.22. The molecule has 3 rings (SSSR count). The first-order chi connectivity index (χ1) is 12.5. The fraction of sp³-hybridized carbons (Fsp3) is 0.158. The number of hydrogen-bond acceptors (Lipinski definition) is 6. The molecule has 0 radical (unpaired) electrons. The largest absolute Gasteiger partial charge is 0.545 e. The van der Waals surface area contributed by atoms with Crippen LogP contribution >= 0.6 is 15.9 Å². The number of aromatic nitrogens is 1. The van der Waals surface area contributed by atoms with Crippen molar-refractivity contribution in [2.75, 3.05) is 21.3 Å². The number of methoxy groups -OCH3 is 3. The summed E-state index contributed by atoms with van der Waals surface area (Å²) in [6, 6.07) is 10.1. The van der Waals surface area contributed by atoms with Crippen LogP contribution in [-0.2, 0) is 0 Å². The van der Waals surface area contributed by atoms with E-state index >= 15 is 0 Å². The molecule has 0 aliphatic rings. The van der Waals surface area contributed by atoms with Gasteiger partial charge in [-0.1, -0.05) is 12.1 Å². The first kappa shape index (κ1) is 18.0. The maximum absolute atomic E-state index is 11.7. The Bertz CT molecular complexity index is 1000.